The molecule has 2 aliphatic rings. The van der Waals surface area contributed by atoms with Crippen LogP contribution in [0.15, 0.2) is 48.5 Å². The number of nitrogens with zero attached hydrogens (tertiary/aromatic N) is 3. The predicted octanol–water partition coefficient (Wildman–Crippen LogP) is 2.69. The van der Waals surface area contributed by atoms with Gasteiger partial charge in [-0.2, -0.15) is 0 Å². The van der Waals surface area contributed by atoms with Crippen LogP contribution in [0.5, 0.6) is 5.75 Å². The van der Waals surface area contributed by atoms with Crippen molar-refractivity contribution in [1.82, 2.24) is 14.7 Å². The van der Waals surface area contributed by atoms with Crippen LogP contribution in [0.2, 0.25) is 0 Å². The molecule has 9 nitrogen and oxygen atoms in total. The number of halogens is 2. The summed E-state index contributed by atoms with van der Waals surface area (Å²) in [4.78, 5) is 43.3. The maximum Gasteiger partial charge on any atom is 0.343 e. The zero-order chi connectivity index (χ0) is 25.3. The molecule has 2 fully saturated rings. The van der Waals surface area contributed by atoms with Gasteiger partial charge in [0.15, 0.2) is 0 Å². The summed E-state index contributed by atoms with van der Waals surface area (Å²) >= 11 is 0. The number of carbonyl (C=O) groups excluding carboxylic acids is 3. The maximum atomic E-state index is 12.4. The van der Waals surface area contributed by atoms with Crippen LogP contribution in [0.25, 0.3) is 0 Å². The summed E-state index contributed by atoms with van der Waals surface area (Å²) in [5.74, 6) is -0.337. The van der Waals surface area contributed by atoms with Gasteiger partial charge in [0, 0.05) is 45.8 Å². The zero-order valence-corrected chi connectivity index (χ0v) is 23.1. The number of morpholine rings is 1. The first-order valence-electron chi connectivity index (χ1n) is 12.3. The van der Waals surface area contributed by atoms with E-state index in [-0.39, 0.29) is 37.3 Å². The van der Waals surface area contributed by atoms with Gasteiger partial charge in [-0.05, 0) is 43.3 Å². The largest absolute Gasteiger partial charge is 0.461 e. The normalized spacial score (nSPS) is 16.1. The van der Waals surface area contributed by atoms with Crippen molar-refractivity contribution in [3.05, 3.63) is 65.2 Å². The van der Waals surface area contributed by atoms with Gasteiger partial charge in [-0.1, -0.05) is 17.7 Å². The van der Waals surface area contributed by atoms with Crippen LogP contribution in [0, 0.1) is 6.92 Å². The Labute approximate surface area is 235 Å². The quantitative estimate of drug-likeness (QED) is 0.355. The number of carbonyl (C=O) groups is 3. The summed E-state index contributed by atoms with van der Waals surface area (Å²) in [6.45, 7) is 9.18. The van der Waals surface area contributed by atoms with E-state index in [0.29, 0.717) is 56.3 Å². The molecule has 2 aromatic rings. The maximum absolute atomic E-state index is 12.4. The van der Waals surface area contributed by atoms with Crippen LogP contribution < -0.4 is 4.74 Å². The Morgan fingerprint density at radius 3 is 1.95 bits per heavy atom. The number of hydrogen-bond acceptors (Lipinski definition) is 8. The van der Waals surface area contributed by atoms with Crippen molar-refractivity contribution >= 4 is 42.7 Å². The lowest BCUT2D eigenvalue weighted by Crippen LogP contribution is -2.52. The van der Waals surface area contributed by atoms with Gasteiger partial charge >= 0.3 is 11.9 Å². The third-order valence-corrected chi connectivity index (χ3v) is 6.42. The Morgan fingerprint density at radius 2 is 1.32 bits per heavy atom. The van der Waals surface area contributed by atoms with Gasteiger partial charge in [-0.15, -0.1) is 24.8 Å². The first kappa shape index (κ1) is 31.5. The van der Waals surface area contributed by atoms with Gasteiger partial charge in [-0.3, -0.25) is 14.6 Å². The fraction of sp³-hybridized carbons (Fsp3) is 0.444. The molecule has 38 heavy (non-hydrogen) atoms. The number of aryl methyl sites for hydroxylation is 1. The topological polar surface area (TPSA) is 88.6 Å². The summed E-state index contributed by atoms with van der Waals surface area (Å²) in [7, 11) is 0. The van der Waals surface area contributed by atoms with Crippen LogP contribution in [0.3, 0.4) is 0 Å². The first-order chi connectivity index (χ1) is 17.5. The van der Waals surface area contributed by atoms with Crippen LogP contribution in [0.4, 0.5) is 0 Å². The van der Waals surface area contributed by atoms with Crippen LogP contribution >= 0.6 is 24.8 Å². The molecule has 2 saturated heterocycles. The molecule has 0 aliphatic carbocycles. The molecule has 0 aromatic heterocycles. The second-order valence-electron chi connectivity index (χ2n) is 9.03. The molecule has 208 valence electrons. The molecule has 0 radical (unpaired) electrons. The standard InChI is InChI=1S/C27H33N3O6.2ClH/c1-21-2-4-23(5-3-21)27(33)36-24-8-6-22(7-9-24)26(32)35-19-14-28-10-12-29(13-11-28)20-25(31)30-15-17-34-18-16-30;;/h2-9H,10-20H2,1H3;2*1H. The van der Waals surface area contributed by atoms with Gasteiger partial charge in [0.25, 0.3) is 0 Å². The predicted molar refractivity (Wildman–Crippen MR) is 148 cm³/mol. The van der Waals surface area contributed by atoms with E-state index in [2.05, 4.69) is 9.80 Å². The Bertz CT molecular complexity index is 1040. The van der Waals surface area contributed by atoms with E-state index >= 15 is 0 Å². The number of amides is 1. The molecule has 1 amide bonds. The van der Waals surface area contributed by atoms with Crippen LogP contribution in [0.1, 0.15) is 26.3 Å². The van der Waals surface area contributed by atoms with Gasteiger partial charge in [0.2, 0.25) is 5.91 Å². The van der Waals surface area contributed by atoms with E-state index in [9.17, 15) is 14.4 Å². The SMILES string of the molecule is Cc1ccc(C(=O)Oc2ccc(C(=O)OCCN3CCN(CC(=O)N4CCOCC4)CC3)cc2)cc1.Cl.Cl. The number of benzene rings is 2. The lowest BCUT2D eigenvalue weighted by Gasteiger charge is -2.35. The van der Waals surface area contributed by atoms with Crippen molar-refractivity contribution in [2.45, 2.75) is 6.92 Å². The zero-order valence-electron chi connectivity index (χ0n) is 21.5. The number of rotatable bonds is 8. The fourth-order valence-electron chi connectivity index (χ4n) is 4.14. The van der Waals surface area contributed by atoms with E-state index in [1.165, 1.54) is 0 Å². The average molecular weight is 568 g/mol. The highest BCUT2D eigenvalue weighted by Crippen LogP contribution is 2.15. The van der Waals surface area contributed by atoms with Gasteiger partial charge < -0.3 is 19.1 Å². The minimum atomic E-state index is -0.448. The summed E-state index contributed by atoms with van der Waals surface area (Å²) in [5.41, 5.74) is 1.93. The van der Waals surface area contributed by atoms with Gasteiger partial charge in [-0.25, -0.2) is 9.59 Å². The fourth-order valence-corrected chi connectivity index (χ4v) is 4.14. The monoisotopic (exact) mass is 567 g/mol. The van der Waals surface area contributed by atoms with Crippen LogP contribution in [-0.2, 0) is 14.3 Å². The molecule has 0 bridgehead atoms. The van der Waals surface area contributed by atoms with Crippen LogP contribution in [-0.4, -0.2) is 105 Å². The molecular formula is C27H35Cl2N3O6. The van der Waals surface area contributed by atoms with Crippen molar-refractivity contribution in [2.75, 3.05) is 72.2 Å². The number of ether oxygens (including phenoxy) is 3. The molecule has 2 aliphatic heterocycles. The van der Waals surface area contributed by atoms with E-state index < -0.39 is 11.9 Å². The number of hydrogen-bond donors (Lipinski definition) is 0. The molecule has 11 heteroatoms. The molecule has 0 unspecified atom stereocenters. The van der Waals surface area contributed by atoms with E-state index in [1.807, 2.05) is 24.0 Å². The molecule has 0 saturated carbocycles. The minimum Gasteiger partial charge on any atom is -0.461 e. The van der Waals surface area contributed by atoms with Crippen molar-refractivity contribution < 1.29 is 28.6 Å². The average Bonchev–Trinajstić information content (AvgIpc) is 2.91. The summed E-state index contributed by atoms with van der Waals surface area (Å²) in [6.07, 6.45) is 0. The third-order valence-electron chi connectivity index (χ3n) is 6.42. The van der Waals surface area contributed by atoms with Crippen molar-refractivity contribution in [3.8, 4) is 5.75 Å². The second kappa shape index (κ2) is 15.7. The van der Waals surface area contributed by atoms with Crippen molar-refractivity contribution in [1.29, 1.82) is 0 Å². The highest BCUT2D eigenvalue weighted by molar-refractivity contribution is 5.92. The lowest BCUT2D eigenvalue weighted by molar-refractivity contribution is -0.136. The molecule has 0 N–H and O–H groups in total. The third kappa shape index (κ3) is 9.25. The molecular weight excluding hydrogens is 533 g/mol. The van der Waals surface area contributed by atoms with E-state index in [0.717, 1.165) is 31.7 Å². The van der Waals surface area contributed by atoms with Crippen molar-refractivity contribution in [3.63, 3.8) is 0 Å². The molecule has 0 spiro atoms. The number of piperazine rings is 1. The summed E-state index contributed by atoms with van der Waals surface area (Å²) < 4.78 is 16.1. The summed E-state index contributed by atoms with van der Waals surface area (Å²) in [5, 5.41) is 0. The Hall–Kier alpha value is -2.69. The first-order valence-corrected chi connectivity index (χ1v) is 12.3. The molecule has 0 atom stereocenters. The van der Waals surface area contributed by atoms with Gasteiger partial charge in [0.1, 0.15) is 12.4 Å². The van der Waals surface area contributed by atoms with Gasteiger partial charge in [0.05, 0.1) is 30.9 Å². The second-order valence-corrected chi connectivity index (χ2v) is 9.03. The highest BCUT2D eigenvalue weighted by Gasteiger charge is 2.23. The highest BCUT2D eigenvalue weighted by atomic mass is 35.5. The summed E-state index contributed by atoms with van der Waals surface area (Å²) in [6, 6.07) is 13.5. The lowest BCUT2D eigenvalue weighted by atomic mass is 10.1. The van der Waals surface area contributed by atoms with E-state index in [1.54, 1.807) is 36.4 Å². The Morgan fingerprint density at radius 1 is 0.763 bits per heavy atom. The molecule has 2 aromatic carbocycles. The van der Waals surface area contributed by atoms with E-state index in [4.69, 9.17) is 14.2 Å². The minimum absolute atomic E-state index is 0. The molecule has 2 heterocycles. The van der Waals surface area contributed by atoms with Crippen molar-refractivity contribution in [2.24, 2.45) is 0 Å². The molecule has 4 rings (SSSR count). The number of esters is 2. The smallest absolute Gasteiger partial charge is 0.343 e. The Kier molecular flexibility index (Phi) is 13.0. The Balaban J connectivity index is 0.00000253.